The van der Waals surface area contributed by atoms with Crippen molar-refractivity contribution < 1.29 is 8.42 Å². The van der Waals surface area contributed by atoms with Gasteiger partial charge in [-0.05, 0) is 37.0 Å². The molecule has 1 aliphatic carbocycles. The summed E-state index contributed by atoms with van der Waals surface area (Å²) >= 11 is 15.3. The molecule has 1 aromatic carbocycles. The minimum absolute atomic E-state index is 0.0468. The van der Waals surface area contributed by atoms with Crippen LogP contribution in [0.4, 0.5) is 0 Å². The van der Waals surface area contributed by atoms with E-state index in [0.717, 1.165) is 31.0 Å². The van der Waals surface area contributed by atoms with E-state index in [-0.39, 0.29) is 16.0 Å². The van der Waals surface area contributed by atoms with Crippen molar-refractivity contribution in [3.8, 4) is 0 Å². The lowest BCUT2D eigenvalue weighted by Crippen LogP contribution is -2.42. The normalized spacial score (nSPS) is 23.8. The Balaban J connectivity index is 2.24. The van der Waals surface area contributed by atoms with Crippen molar-refractivity contribution in [3.63, 3.8) is 0 Å². The van der Waals surface area contributed by atoms with Crippen molar-refractivity contribution in [3.05, 3.63) is 28.2 Å². The molecule has 0 radical (unpaired) electrons. The summed E-state index contributed by atoms with van der Waals surface area (Å²) in [5, 5.41) is 1.34. The maximum Gasteiger partial charge on any atom is 0.242 e. The Morgan fingerprint density at radius 2 is 1.95 bits per heavy atom. The highest BCUT2D eigenvalue weighted by molar-refractivity contribution is 9.09. The predicted octanol–water partition coefficient (Wildman–Crippen LogP) is 4.23. The van der Waals surface area contributed by atoms with E-state index in [9.17, 15) is 8.42 Å². The Hall–Kier alpha value is 0.190. The van der Waals surface area contributed by atoms with Gasteiger partial charge in [-0.15, -0.1) is 0 Å². The molecule has 2 atom stereocenters. The molecule has 3 nitrogen and oxygen atoms in total. The van der Waals surface area contributed by atoms with Crippen LogP contribution in [-0.4, -0.2) is 19.8 Å². The number of benzene rings is 1. The SMILES string of the molecule is O=S(=O)(NC1CCCCC1CBr)c1cc(Cl)ccc1Cl. The summed E-state index contributed by atoms with van der Waals surface area (Å²) in [4.78, 5) is 0.0468. The molecule has 0 amide bonds. The van der Waals surface area contributed by atoms with Crippen LogP contribution in [0, 0.1) is 5.92 Å². The first kappa shape index (κ1) is 16.6. The minimum Gasteiger partial charge on any atom is -0.208 e. The summed E-state index contributed by atoms with van der Waals surface area (Å²) in [5.41, 5.74) is 0. The third-order valence-corrected chi connectivity index (χ3v) is 6.63. The Morgan fingerprint density at radius 1 is 1.25 bits per heavy atom. The van der Waals surface area contributed by atoms with Gasteiger partial charge in [0.25, 0.3) is 0 Å². The Morgan fingerprint density at radius 3 is 2.65 bits per heavy atom. The Labute approximate surface area is 138 Å². The first-order valence-electron chi connectivity index (χ1n) is 6.47. The summed E-state index contributed by atoms with van der Waals surface area (Å²) in [5.74, 6) is 0.316. The highest BCUT2D eigenvalue weighted by Gasteiger charge is 2.29. The van der Waals surface area contributed by atoms with Crippen LogP contribution in [0.25, 0.3) is 0 Å². The van der Waals surface area contributed by atoms with Gasteiger partial charge in [0.1, 0.15) is 4.90 Å². The minimum atomic E-state index is -3.64. The molecule has 1 aliphatic rings. The van der Waals surface area contributed by atoms with E-state index >= 15 is 0 Å². The van der Waals surface area contributed by atoms with Crippen LogP contribution in [0.15, 0.2) is 23.1 Å². The molecular formula is C13H16BrCl2NO2S. The molecule has 0 aromatic heterocycles. The van der Waals surface area contributed by atoms with E-state index in [1.54, 1.807) is 6.07 Å². The largest absolute Gasteiger partial charge is 0.242 e. The van der Waals surface area contributed by atoms with E-state index in [1.807, 2.05) is 0 Å². The second kappa shape index (κ2) is 6.97. The van der Waals surface area contributed by atoms with Gasteiger partial charge >= 0.3 is 0 Å². The summed E-state index contributed by atoms with van der Waals surface area (Å²) in [7, 11) is -3.64. The van der Waals surface area contributed by atoms with E-state index in [1.165, 1.54) is 12.1 Å². The number of halogens is 3. The van der Waals surface area contributed by atoms with E-state index in [2.05, 4.69) is 20.7 Å². The van der Waals surface area contributed by atoms with Crippen LogP contribution < -0.4 is 4.72 Å². The van der Waals surface area contributed by atoms with E-state index in [0.29, 0.717) is 10.9 Å². The maximum atomic E-state index is 12.5. The average Bonchev–Trinajstić information content (AvgIpc) is 2.41. The number of rotatable bonds is 4. The molecule has 2 rings (SSSR count). The molecule has 7 heteroatoms. The average molecular weight is 401 g/mol. The van der Waals surface area contributed by atoms with Crippen LogP contribution in [0.2, 0.25) is 10.0 Å². The van der Waals surface area contributed by atoms with E-state index in [4.69, 9.17) is 23.2 Å². The molecule has 1 N–H and O–H groups in total. The topological polar surface area (TPSA) is 46.2 Å². The molecular weight excluding hydrogens is 385 g/mol. The fourth-order valence-corrected chi connectivity index (χ4v) is 5.37. The molecule has 20 heavy (non-hydrogen) atoms. The van der Waals surface area contributed by atoms with E-state index < -0.39 is 10.0 Å². The molecule has 0 heterocycles. The molecule has 0 bridgehead atoms. The summed E-state index contributed by atoms with van der Waals surface area (Å²) in [6, 6.07) is 4.41. The van der Waals surface area contributed by atoms with Crippen molar-refractivity contribution in [2.24, 2.45) is 5.92 Å². The van der Waals surface area contributed by atoms with Crippen molar-refractivity contribution in [1.82, 2.24) is 4.72 Å². The lowest BCUT2D eigenvalue weighted by atomic mass is 9.87. The number of hydrogen-bond donors (Lipinski definition) is 1. The molecule has 0 aliphatic heterocycles. The van der Waals surface area contributed by atoms with Crippen LogP contribution in [0.1, 0.15) is 25.7 Å². The van der Waals surface area contributed by atoms with Gasteiger partial charge in [-0.2, -0.15) is 0 Å². The first-order valence-corrected chi connectivity index (χ1v) is 9.83. The quantitative estimate of drug-likeness (QED) is 0.768. The van der Waals surface area contributed by atoms with Crippen LogP contribution >= 0.6 is 39.1 Å². The van der Waals surface area contributed by atoms with Gasteiger partial charge < -0.3 is 0 Å². The zero-order valence-corrected chi connectivity index (χ0v) is 14.7. The standard InChI is InChI=1S/C13H16BrCl2NO2S/c14-8-9-3-1-2-4-12(9)17-20(18,19)13-7-10(15)5-6-11(13)16/h5-7,9,12,17H,1-4,8H2. The fourth-order valence-electron chi connectivity index (χ4n) is 2.49. The lowest BCUT2D eigenvalue weighted by Gasteiger charge is -2.30. The highest BCUT2D eigenvalue weighted by Crippen LogP contribution is 2.29. The molecule has 0 saturated heterocycles. The molecule has 1 aromatic rings. The van der Waals surface area contributed by atoms with Crippen molar-refractivity contribution in [2.75, 3.05) is 5.33 Å². The number of sulfonamides is 1. The van der Waals surface area contributed by atoms with Gasteiger partial charge in [0.05, 0.1) is 5.02 Å². The van der Waals surface area contributed by atoms with Crippen molar-refractivity contribution >= 4 is 49.2 Å². The fraction of sp³-hybridized carbons (Fsp3) is 0.538. The molecule has 2 unspecified atom stereocenters. The van der Waals surface area contributed by atoms with Crippen LogP contribution in [0.3, 0.4) is 0 Å². The Kier molecular flexibility index (Phi) is 5.77. The monoisotopic (exact) mass is 399 g/mol. The number of nitrogens with one attached hydrogen (secondary N) is 1. The summed E-state index contributed by atoms with van der Waals surface area (Å²) < 4.78 is 27.7. The summed E-state index contributed by atoms with van der Waals surface area (Å²) in [6.45, 7) is 0. The second-order valence-electron chi connectivity index (χ2n) is 5.00. The zero-order valence-electron chi connectivity index (χ0n) is 10.8. The smallest absolute Gasteiger partial charge is 0.208 e. The van der Waals surface area contributed by atoms with Gasteiger partial charge in [-0.3, -0.25) is 0 Å². The van der Waals surface area contributed by atoms with Gasteiger partial charge in [-0.1, -0.05) is 52.0 Å². The maximum absolute atomic E-state index is 12.5. The lowest BCUT2D eigenvalue weighted by molar-refractivity contribution is 0.316. The first-order chi connectivity index (χ1) is 9.44. The predicted molar refractivity (Wildman–Crippen MR) is 86.3 cm³/mol. The van der Waals surface area contributed by atoms with Crippen molar-refractivity contribution in [1.29, 1.82) is 0 Å². The molecule has 112 valence electrons. The zero-order chi connectivity index (χ0) is 14.8. The molecule has 1 fully saturated rings. The van der Waals surface area contributed by atoms with Crippen LogP contribution in [-0.2, 0) is 10.0 Å². The second-order valence-corrected chi connectivity index (χ2v) is 8.17. The van der Waals surface area contributed by atoms with Crippen molar-refractivity contribution in [2.45, 2.75) is 36.6 Å². The van der Waals surface area contributed by atoms with Crippen LogP contribution in [0.5, 0.6) is 0 Å². The van der Waals surface area contributed by atoms with Gasteiger partial charge in [0.2, 0.25) is 10.0 Å². The number of alkyl halides is 1. The molecule has 0 spiro atoms. The highest BCUT2D eigenvalue weighted by atomic mass is 79.9. The summed E-state index contributed by atoms with van der Waals surface area (Å²) in [6.07, 6.45) is 4.07. The van der Waals surface area contributed by atoms with Gasteiger partial charge in [0.15, 0.2) is 0 Å². The molecule has 1 saturated carbocycles. The van der Waals surface area contributed by atoms with Gasteiger partial charge in [-0.25, -0.2) is 13.1 Å². The van der Waals surface area contributed by atoms with Gasteiger partial charge in [0, 0.05) is 16.4 Å². The number of hydrogen-bond acceptors (Lipinski definition) is 2. The third kappa shape index (κ3) is 3.89. The third-order valence-electron chi connectivity index (χ3n) is 3.60. The Bertz CT molecular complexity index is 580.